The van der Waals surface area contributed by atoms with Crippen molar-refractivity contribution in [3.8, 4) is 67.2 Å². The molecule has 0 amide bonds. The summed E-state index contributed by atoms with van der Waals surface area (Å²) in [6, 6.07) is 60.3. The Kier molecular flexibility index (Phi) is 6.95. The van der Waals surface area contributed by atoms with E-state index in [1.165, 1.54) is 38.3 Å². The van der Waals surface area contributed by atoms with Gasteiger partial charge in [0.15, 0.2) is 5.82 Å². The van der Waals surface area contributed by atoms with Crippen molar-refractivity contribution in [2.24, 2.45) is 0 Å². The van der Waals surface area contributed by atoms with E-state index in [2.05, 4.69) is 171 Å². The van der Waals surface area contributed by atoms with E-state index >= 15 is 0 Å². The Morgan fingerprint density at radius 1 is 0.442 bits per heavy atom. The van der Waals surface area contributed by atoms with Gasteiger partial charge in [-0.05, 0) is 68.4 Å². The summed E-state index contributed by atoms with van der Waals surface area (Å²) >= 11 is 0. The van der Waals surface area contributed by atoms with Crippen LogP contribution in [0.2, 0.25) is 13.1 Å². The normalized spacial score (nSPS) is 13.0. The largest absolute Gasteiger partial charge is 0.455 e. The van der Waals surface area contributed by atoms with Crippen molar-refractivity contribution in [3.63, 3.8) is 0 Å². The minimum atomic E-state index is -2.14. The van der Waals surface area contributed by atoms with E-state index in [0.717, 1.165) is 61.3 Å². The summed E-state index contributed by atoms with van der Waals surface area (Å²) in [5, 5.41) is 4.79. The van der Waals surface area contributed by atoms with E-state index < -0.39 is 8.07 Å². The molecule has 9 aromatic rings. The van der Waals surface area contributed by atoms with Crippen LogP contribution in [-0.4, -0.2) is 18.0 Å². The molecule has 246 valence electrons. The lowest BCUT2D eigenvalue weighted by Crippen LogP contribution is -2.50. The maximum Gasteiger partial charge on any atom is 0.159 e. The third-order valence-electron chi connectivity index (χ3n) is 10.7. The Bertz CT molecular complexity index is 2820. The van der Waals surface area contributed by atoms with Crippen LogP contribution in [-0.2, 0) is 0 Å². The number of furan rings is 1. The Labute approximate surface area is 303 Å². The number of fused-ring (bicyclic) bond motifs is 6. The summed E-state index contributed by atoms with van der Waals surface area (Å²) in [6.45, 7) is 4.82. The predicted octanol–water partition coefficient (Wildman–Crippen LogP) is 11.5. The van der Waals surface area contributed by atoms with Gasteiger partial charge in [0.2, 0.25) is 0 Å². The lowest BCUT2D eigenvalue weighted by molar-refractivity contribution is 0.670. The molecule has 0 N–H and O–H groups in total. The van der Waals surface area contributed by atoms with E-state index in [4.69, 9.17) is 14.4 Å². The molecule has 10 rings (SSSR count). The number of aromatic nitrogens is 2. The van der Waals surface area contributed by atoms with Gasteiger partial charge in [0.1, 0.15) is 19.2 Å². The lowest BCUT2D eigenvalue weighted by Gasteiger charge is -2.19. The number of benzene rings is 7. The first-order chi connectivity index (χ1) is 25.5. The second-order valence-electron chi connectivity index (χ2n) is 14.2. The molecular formula is C48H34N2OSi. The van der Waals surface area contributed by atoms with Crippen LogP contribution in [0.25, 0.3) is 89.1 Å². The van der Waals surface area contributed by atoms with E-state index in [-0.39, 0.29) is 0 Å². The molecule has 0 atom stereocenters. The molecule has 1 aliphatic heterocycles. The summed E-state index contributed by atoms with van der Waals surface area (Å²) in [5.74, 6) is 0.741. The number of nitrogens with zero attached hydrogens (tertiary/aromatic N) is 2. The highest BCUT2D eigenvalue weighted by Crippen LogP contribution is 2.41. The summed E-state index contributed by atoms with van der Waals surface area (Å²) in [4.78, 5) is 10.9. The smallest absolute Gasteiger partial charge is 0.159 e. The van der Waals surface area contributed by atoms with Gasteiger partial charge in [-0.15, -0.1) is 0 Å². The van der Waals surface area contributed by atoms with Gasteiger partial charge >= 0.3 is 0 Å². The van der Waals surface area contributed by atoms with Crippen molar-refractivity contribution in [1.29, 1.82) is 0 Å². The van der Waals surface area contributed by atoms with Gasteiger partial charge < -0.3 is 4.42 Å². The van der Waals surface area contributed by atoms with Crippen molar-refractivity contribution < 1.29 is 4.42 Å². The Hall–Kier alpha value is -6.36. The SMILES string of the molecule is C[Si]1(C)c2ccccc2-c2c(-c3cccc4c3oc3ccccc34)nc(-c3cccc(-c4cccc(-c5ccc(-c6ccccc6)cc5)c4)c3)nc21. The first-order valence-corrected chi connectivity index (χ1v) is 20.8. The van der Waals surface area contributed by atoms with E-state index in [1.54, 1.807) is 0 Å². The quantitative estimate of drug-likeness (QED) is 0.170. The highest BCUT2D eigenvalue weighted by atomic mass is 28.3. The second kappa shape index (κ2) is 11.9. The first kappa shape index (κ1) is 30.5. The molecule has 3 nitrogen and oxygen atoms in total. The number of para-hydroxylation sites is 2. The molecule has 0 aliphatic carbocycles. The van der Waals surface area contributed by atoms with E-state index in [9.17, 15) is 0 Å². The third kappa shape index (κ3) is 4.87. The first-order valence-electron chi connectivity index (χ1n) is 17.8. The number of hydrogen-bond acceptors (Lipinski definition) is 3. The zero-order chi connectivity index (χ0) is 34.8. The predicted molar refractivity (Wildman–Crippen MR) is 219 cm³/mol. The molecule has 3 heterocycles. The fourth-order valence-electron chi connectivity index (χ4n) is 8.00. The van der Waals surface area contributed by atoms with E-state index in [1.807, 2.05) is 12.1 Å². The molecule has 0 spiro atoms. The van der Waals surface area contributed by atoms with E-state index in [0.29, 0.717) is 0 Å². The van der Waals surface area contributed by atoms with Crippen LogP contribution in [0, 0.1) is 0 Å². The van der Waals surface area contributed by atoms with Gasteiger partial charge in [-0.3, -0.25) is 0 Å². The Balaban J connectivity index is 1.10. The molecular weight excluding hydrogens is 649 g/mol. The minimum absolute atomic E-state index is 0.741. The molecule has 0 fully saturated rings. The summed E-state index contributed by atoms with van der Waals surface area (Å²) in [6.07, 6.45) is 0. The van der Waals surface area contributed by atoms with Crippen LogP contribution < -0.4 is 10.5 Å². The molecule has 4 heteroatoms. The summed E-state index contributed by atoms with van der Waals surface area (Å²) in [5.41, 5.74) is 14.2. The lowest BCUT2D eigenvalue weighted by atomic mass is 9.96. The Morgan fingerprint density at radius 2 is 0.981 bits per heavy atom. The summed E-state index contributed by atoms with van der Waals surface area (Å²) in [7, 11) is -2.14. The van der Waals surface area contributed by atoms with Crippen LogP contribution in [0.15, 0.2) is 174 Å². The highest BCUT2D eigenvalue weighted by molar-refractivity contribution is 7.03. The maximum absolute atomic E-state index is 6.59. The number of hydrogen-bond donors (Lipinski definition) is 0. The molecule has 0 bridgehead atoms. The van der Waals surface area contributed by atoms with Crippen LogP contribution in [0.1, 0.15) is 0 Å². The molecule has 0 radical (unpaired) electrons. The second-order valence-corrected chi connectivity index (χ2v) is 18.4. The van der Waals surface area contributed by atoms with Crippen molar-refractivity contribution in [2.45, 2.75) is 13.1 Å². The van der Waals surface area contributed by atoms with Gasteiger partial charge in [-0.25, -0.2) is 9.97 Å². The molecule has 7 aromatic carbocycles. The highest BCUT2D eigenvalue weighted by Gasteiger charge is 2.41. The fourth-order valence-corrected chi connectivity index (χ4v) is 10.9. The average Bonchev–Trinajstić information content (AvgIpc) is 3.70. The van der Waals surface area contributed by atoms with Gasteiger partial charge in [-0.1, -0.05) is 159 Å². The molecule has 0 saturated carbocycles. The molecule has 0 saturated heterocycles. The molecule has 2 aromatic heterocycles. The van der Waals surface area contributed by atoms with Crippen molar-refractivity contribution >= 4 is 40.5 Å². The van der Waals surface area contributed by atoms with Crippen molar-refractivity contribution in [3.05, 3.63) is 170 Å². The minimum Gasteiger partial charge on any atom is -0.455 e. The topological polar surface area (TPSA) is 38.9 Å². The monoisotopic (exact) mass is 682 g/mol. The maximum atomic E-state index is 6.59. The van der Waals surface area contributed by atoms with Crippen LogP contribution in [0.4, 0.5) is 0 Å². The van der Waals surface area contributed by atoms with Crippen LogP contribution in [0.5, 0.6) is 0 Å². The zero-order valence-electron chi connectivity index (χ0n) is 29.0. The van der Waals surface area contributed by atoms with Crippen molar-refractivity contribution in [1.82, 2.24) is 9.97 Å². The fraction of sp³-hybridized carbons (Fsp3) is 0.0417. The van der Waals surface area contributed by atoms with Crippen LogP contribution in [0.3, 0.4) is 0 Å². The standard InChI is InChI=1S/C48H34N2OSi/c1-52(2)43-24-9-7-20-40(43)44-45(41-22-12-21-39-38-19-6-8-23-42(38)51-46(39)41)49-47(50-48(44)52)37-18-11-17-36(30-37)35-16-10-15-34(29-35)33-27-25-32(26-28-33)31-13-4-3-5-14-31/h3-30H,1-2H3. The molecule has 0 unspecified atom stereocenters. The van der Waals surface area contributed by atoms with Gasteiger partial charge in [-0.2, -0.15) is 0 Å². The molecule has 1 aliphatic rings. The third-order valence-corrected chi connectivity index (χ3v) is 14.0. The van der Waals surface area contributed by atoms with Crippen LogP contribution >= 0.6 is 0 Å². The zero-order valence-corrected chi connectivity index (χ0v) is 30.0. The van der Waals surface area contributed by atoms with Crippen molar-refractivity contribution in [2.75, 3.05) is 0 Å². The summed E-state index contributed by atoms with van der Waals surface area (Å²) < 4.78 is 6.59. The van der Waals surface area contributed by atoms with Gasteiger partial charge in [0.25, 0.3) is 0 Å². The van der Waals surface area contributed by atoms with Gasteiger partial charge in [0, 0.05) is 32.8 Å². The number of rotatable bonds is 5. The van der Waals surface area contributed by atoms with Gasteiger partial charge in [0.05, 0.1) is 5.69 Å². The average molecular weight is 683 g/mol. The molecule has 52 heavy (non-hydrogen) atoms. The Morgan fingerprint density at radius 3 is 1.77 bits per heavy atom.